The lowest BCUT2D eigenvalue weighted by Gasteiger charge is -2.04. The summed E-state index contributed by atoms with van der Waals surface area (Å²) in [6.07, 6.45) is 0. The van der Waals surface area contributed by atoms with Gasteiger partial charge >= 0.3 is 0 Å². The number of halogens is 2. The number of rotatable bonds is 2. The van der Waals surface area contributed by atoms with Crippen LogP contribution in [-0.2, 0) is 0 Å². The Morgan fingerprint density at radius 1 is 1.47 bits per heavy atom. The van der Waals surface area contributed by atoms with Crippen LogP contribution in [0.3, 0.4) is 0 Å². The zero-order valence-corrected chi connectivity index (χ0v) is 11.3. The number of hydrogen-bond donors (Lipinski definition) is 0. The number of benzene rings is 1. The Labute approximate surface area is 111 Å². The van der Waals surface area contributed by atoms with E-state index in [0.29, 0.717) is 21.8 Å². The van der Waals surface area contributed by atoms with Crippen molar-refractivity contribution in [3.8, 4) is 0 Å². The van der Waals surface area contributed by atoms with Crippen molar-refractivity contribution < 1.29 is 9.21 Å². The molecule has 1 aromatic heterocycles. The van der Waals surface area contributed by atoms with Crippen molar-refractivity contribution in [2.75, 3.05) is 5.33 Å². The molecule has 0 aliphatic heterocycles. The number of carbonyl (C=O) groups is 1. The van der Waals surface area contributed by atoms with E-state index < -0.39 is 0 Å². The Morgan fingerprint density at radius 2 is 2.18 bits per heavy atom. The van der Waals surface area contributed by atoms with E-state index in [1.807, 2.05) is 0 Å². The maximum atomic E-state index is 12.1. The molecule has 5 heteroatoms. The fourth-order valence-corrected chi connectivity index (χ4v) is 2.12. The summed E-state index contributed by atoms with van der Waals surface area (Å²) in [6.45, 7) is 1.60. The summed E-state index contributed by atoms with van der Waals surface area (Å²) in [5, 5.41) is 0.850. The van der Waals surface area contributed by atoms with Crippen molar-refractivity contribution in [1.29, 1.82) is 0 Å². The molecule has 0 atom stereocenters. The van der Waals surface area contributed by atoms with E-state index in [4.69, 9.17) is 16.0 Å². The summed E-state index contributed by atoms with van der Waals surface area (Å²) in [7, 11) is 0. The molecule has 0 saturated carbocycles. The zero-order chi connectivity index (χ0) is 12.6. The van der Waals surface area contributed by atoms with Gasteiger partial charge in [-0.15, -0.1) is 0 Å². The highest BCUT2D eigenvalue weighted by Crippen LogP contribution is 2.19. The summed E-state index contributed by atoms with van der Waals surface area (Å²) in [4.78, 5) is 23.8. The van der Waals surface area contributed by atoms with Gasteiger partial charge in [0.1, 0.15) is 16.9 Å². The van der Waals surface area contributed by atoms with Crippen molar-refractivity contribution in [2.45, 2.75) is 6.92 Å². The van der Waals surface area contributed by atoms with Crippen molar-refractivity contribution in [3.05, 3.63) is 44.8 Å². The lowest BCUT2D eigenvalue weighted by atomic mass is 10.1. The monoisotopic (exact) mass is 314 g/mol. The van der Waals surface area contributed by atoms with Crippen LogP contribution >= 0.6 is 27.5 Å². The Bertz CT molecular complexity index is 661. The molecular formula is C12H8BrClO3. The fraction of sp³-hybridized carbons (Fsp3) is 0.167. The highest BCUT2D eigenvalue weighted by molar-refractivity contribution is 9.09. The van der Waals surface area contributed by atoms with Crippen molar-refractivity contribution in [3.63, 3.8) is 0 Å². The van der Waals surface area contributed by atoms with Gasteiger partial charge in [0.05, 0.1) is 10.7 Å². The number of carbonyl (C=O) groups excluding carboxylic acids is 1. The first-order valence-corrected chi connectivity index (χ1v) is 6.36. The number of Topliss-reactive ketones (excluding diaryl/α,β-unsaturated/α-hetero) is 1. The van der Waals surface area contributed by atoms with Gasteiger partial charge in [0.2, 0.25) is 5.43 Å². The Morgan fingerprint density at radius 3 is 2.82 bits per heavy atom. The topological polar surface area (TPSA) is 47.3 Å². The lowest BCUT2D eigenvalue weighted by molar-refractivity contribution is 0.102. The van der Waals surface area contributed by atoms with E-state index in [2.05, 4.69) is 15.9 Å². The molecule has 3 nitrogen and oxygen atoms in total. The van der Waals surface area contributed by atoms with Crippen LogP contribution in [0, 0.1) is 6.92 Å². The van der Waals surface area contributed by atoms with Crippen molar-refractivity contribution in [1.82, 2.24) is 0 Å². The molecule has 0 aliphatic carbocycles. The number of fused-ring (bicyclic) bond motifs is 1. The van der Waals surface area contributed by atoms with Crippen LogP contribution in [0.5, 0.6) is 0 Å². The second kappa shape index (κ2) is 4.63. The van der Waals surface area contributed by atoms with Gasteiger partial charge in [0.25, 0.3) is 0 Å². The summed E-state index contributed by atoms with van der Waals surface area (Å²) < 4.78 is 5.45. The van der Waals surface area contributed by atoms with Crippen LogP contribution in [-0.4, -0.2) is 11.1 Å². The molecule has 0 bridgehead atoms. The predicted octanol–water partition coefficient (Wildman–Crippen LogP) is 3.33. The minimum absolute atomic E-state index is 0.0802. The second-order valence-electron chi connectivity index (χ2n) is 3.56. The molecule has 0 spiro atoms. The van der Waals surface area contributed by atoms with E-state index >= 15 is 0 Å². The highest BCUT2D eigenvalue weighted by atomic mass is 79.9. The minimum atomic E-state index is -0.337. The third kappa shape index (κ3) is 2.15. The molecule has 0 radical (unpaired) electrons. The molecule has 0 N–H and O–H groups in total. The number of ketones is 1. The molecule has 0 aliphatic rings. The lowest BCUT2D eigenvalue weighted by Crippen LogP contribution is -2.18. The van der Waals surface area contributed by atoms with Gasteiger partial charge in [0.15, 0.2) is 5.78 Å². The largest absolute Gasteiger partial charge is 0.460 e. The standard InChI is InChI=1S/C12H8BrClO3/c1-6-11(9(15)5-13)12(16)8-4-7(14)2-3-10(8)17-6/h2-4H,5H2,1H3. The van der Waals surface area contributed by atoms with Gasteiger partial charge in [0, 0.05) is 5.02 Å². The maximum absolute atomic E-state index is 12.1. The molecule has 0 fully saturated rings. The predicted molar refractivity (Wildman–Crippen MR) is 70.4 cm³/mol. The fourth-order valence-electron chi connectivity index (χ4n) is 1.67. The first-order valence-electron chi connectivity index (χ1n) is 4.86. The van der Waals surface area contributed by atoms with Crippen molar-refractivity contribution >= 4 is 44.3 Å². The van der Waals surface area contributed by atoms with Crippen LogP contribution in [0.25, 0.3) is 11.0 Å². The molecule has 17 heavy (non-hydrogen) atoms. The van der Waals surface area contributed by atoms with E-state index in [0.717, 1.165) is 0 Å². The third-order valence-electron chi connectivity index (χ3n) is 2.43. The Hall–Kier alpha value is -1.13. The summed E-state index contributed by atoms with van der Waals surface area (Å²) in [6, 6.07) is 4.76. The number of hydrogen-bond acceptors (Lipinski definition) is 3. The summed E-state index contributed by atoms with van der Waals surface area (Å²) in [5.74, 6) is 0.0346. The number of alkyl halides is 1. The van der Waals surface area contributed by atoms with Crippen molar-refractivity contribution in [2.24, 2.45) is 0 Å². The second-order valence-corrected chi connectivity index (χ2v) is 4.56. The summed E-state index contributed by atoms with van der Waals surface area (Å²) in [5.41, 5.74) is 0.176. The first kappa shape index (κ1) is 12.3. The first-order chi connectivity index (χ1) is 8.04. The van der Waals surface area contributed by atoms with Gasteiger partial charge < -0.3 is 4.42 Å². The third-order valence-corrected chi connectivity index (χ3v) is 3.17. The zero-order valence-electron chi connectivity index (χ0n) is 8.92. The molecule has 0 unspecified atom stereocenters. The summed E-state index contributed by atoms with van der Waals surface area (Å²) >= 11 is 8.86. The van der Waals surface area contributed by atoms with Gasteiger partial charge in [-0.3, -0.25) is 9.59 Å². The van der Waals surface area contributed by atoms with Crippen LogP contribution < -0.4 is 5.43 Å². The molecular weight excluding hydrogens is 307 g/mol. The van der Waals surface area contributed by atoms with Crippen LogP contribution in [0.2, 0.25) is 5.02 Å². The molecule has 2 rings (SSSR count). The van der Waals surface area contributed by atoms with Gasteiger partial charge in [-0.05, 0) is 25.1 Å². The van der Waals surface area contributed by atoms with E-state index in [-0.39, 0.29) is 22.1 Å². The Balaban J connectivity index is 2.87. The number of aryl methyl sites for hydroxylation is 1. The van der Waals surface area contributed by atoms with Gasteiger partial charge in [-0.25, -0.2) is 0 Å². The normalized spacial score (nSPS) is 10.8. The highest BCUT2D eigenvalue weighted by Gasteiger charge is 2.17. The average Bonchev–Trinajstić information content (AvgIpc) is 2.30. The minimum Gasteiger partial charge on any atom is -0.460 e. The van der Waals surface area contributed by atoms with Crippen LogP contribution in [0.15, 0.2) is 27.4 Å². The molecule has 1 aromatic carbocycles. The smallest absolute Gasteiger partial charge is 0.203 e. The van der Waals surface area contributed by atoms with E-state index in [1.165, 1.54) is 6.07 Å². The van der Waals surface area contributed by atoms with Crippen LogP contribution in [0.4, 0.5) is 0 Å². The molecule has 0 amide bonds. The van der Waals surface area contributed by atoms with E-state index in [9.17, 15) is 9.59 Å². The SMILES string of the molecule is Cc1oc2ccc(Cl)cc2c(=O)c1C(=O)CBr. The van der Waals surface area contributed by atoms with Gasteiger partial charge in [-0.2, -0.15) is 0 Å². The van der Waals surface area contributed by atoms with E-state index in [1.54, 1.807) is 19.1 Å². The average molecular weight is 316 g/mol. The molecule has 2 aromatic rings. The Kier molecular flexibility index (Phi) is 3.35. The van der Waals surface area contributed by atoms with Gasteiger partial charge in [-0.1, -0.05) is 27.5 Å². The molecule has 88 valence electrons. The van der Waals surface area contributed by atoms with Crippen LogP contribution in [0.1, 0.15) is 16.1 Å². The quantitative estimate of drug-likeness (QED) is 0.631. The maximum Gasteiger partial charge on any atom is 0.203 e. The molecule has 0 saturated heterocycles. The molecule has 1 heterocycles.